The molecule has 0 saturated carbocycles. The maximum atomic E-state index is 12.6. The summed E-state index contributed by atoms with van der Waals surface area (Å²) in [5.74, 6) is -0.223. The molecule has 0 unspecified atom stereocenters. The Morgan fingerprint density at radius 3 is 2.28 bits per heavy atom. The number of amides is 2. The topological polar surface area (TPSA) is 74.8 Å². The molecule has 2 amide bonds. The van der Waals surface area contributed by atoms with Crippen molar-refractivity contribution in [2.45, 2.75) is 27.7 Å². The number of carbonyl (C=O) groups excluding carboxylic acids is 2. The monoisotopic (exact) mass is 396 g/mol. The molecule has 0 atom stereocenters. The number of hydrogen-bond acceptors (Lipinski definition) is 5. The summed E-state index contributed by atoms with van der Waals surface area (Å²) in [5, 5.41) is 2.98. The summed E-state index contributed by atoms with van der Waals surface area (Å²) in [6.45, 7) is 10.8. The summed E-state index contributed by atoms with van der Waals surface area (Å²) in [7, 11) is 0. The summed E-state index contributed by atoms with van der Waals surface area (Å²) in [6, 6.07) is 7.74. The van der Waals surface area contributed by atoms with E-state index in [-0.39, 0.29) is 12.0 Å². The van der Waals surface area contributed by atoms with Crippen LogP contribution in [0, 0.1) is 20.8 Å². The van der Waals surface area contributed by atoms with E-state index in [1.54, 1.807) is 24.1 Å². The molecule has 1 saturated heterocycles. The summed E-state index contributed by atoms with van der Waals surface area (Å²) >= 11 is 0. The molecule has 1 N–H and O–H groups in total. The summed E-state index contributed by atoms with van der Waals surface area (Å²) in [4.78, 5) is 32.6. The fourth-order valence-corrected chi connectivity index (χ4v) is 3.62. The van der Waals surface area contributed by atoms with Gasteiger partial charge < -0.3 is 19.9 Å². The van der Waals surface area contributed by atoms with Crippen LogP contribution in [0.25, 0.3) is 0 Å². The van der Waals surface area contributed by atoms with Gasteiger partial charge in [0.25, 0.3) is 5.91 Å². The maximum Gasteiger partial charge on any atom is 0.409 e. The molecule has 0 aliphatic carbocycles. The molecule has 154 valence electrons. The highest BCUT2D eigenvalue weighted by molar-refractivity contribution is 6.03. The number of ether oxygens (including phenoxy) is 1. The van der Waals surface area contributed by atoms with Crippen molar-refractivity contribution in [1.29, 1.82) is 0 Å². The quantitative estimate of drug-likeness (QED) is 0.856. The minimum absolute atomic E-state index is 0.223. The van der Waals surface area contributed by atoms with Gasteiger partial charge in [-0.25, -0.2) is 9.78 Å². The van der Waals surface area contributed by atoms with E-state index in [1.807, 2.05) is 26.8 Å². The molecule has 1 aliphatic rings. The number of piperazine rings is 1. The maximum absolute atomic E-state index is 12.6. The molecule has 2 heterocycles. The van der Waals surface area contributed by atoms with Crippen molar-refractivity contribution >= 4 is 23.4 Å². The average Bonchev–Trinajstić information content (AvgIpc) is 2.71. The number of anilines is 2. The van der Waals surface area contributed by atoms with Crippen molar-refractivity contribution in [3.05, 3.63) is 52.8 Å². The Hall–Kier alpha value is -3.09. The molecular formula is C22H28N4O3. The van der Waals surface area contributed by atoms with E-state index in [1.165, 1.54) is 5.56 Å². The number of hydrogen-bond donors (Lipinski definition) is 1. The van der Waals surface area contributed by atoms with Crippen molar-refractivity contribution in [3.8, 4) is 0 Å². The first-order valence-electron chi connectivity index (χ1n) is 9.91. The zero-order valence-corrected chi connectivity index (χ0v) is 17.5. The molecule has 29 heavy (non-hydrogen) atoms. The minimum Gasteiger partial charge on any atom is -0.450 e. The molecule has 1 aliphatic heterocycles. The van der Waals surface area contributed by atoms with Crippen LogP contribution in [0.2, 0.25) is 0 Å². The normalized spacial score (nSPS) is 13.9. The lowest BCUT2D eigenvalue weighted by Gasteiger charge is -2.35. The van der Waals surface area contributed by atoms with Crippen molar-refractivity contribution in [2.75, 3.05) is 43.0 Å². The minimum atomic E-state index is -0.265. The number of aromatic nitrogens is 1. The lowest BCUT2D eigenvalue weighted by atomic mass is 10.0. The zero-order valence-electron chi connectivity index (χ0n) is 17.5. The smallest absolute Gasteiger partial charge is 0.409 e. The molecule has 0 spiro atoms. The highest BCUT2D eigenvalue weighted by atomic mass is 16.6. The zero-order chi connectivity index (χ0) is 21.0. The standard InChI is InChI=1S/C22H28N4O3/c1-5-29-22(28)26-10-8-25(9-11-26)18-6-7-19(23-14-18)21(27)24-20-16(3)12-15(2)13-17(20)4/h6-7,12-14H,5,8-11H2,1-4H3,(H,24,27). The Bertz CT molecular complexity index is 864. The number of benzene rings is 1. The molecule has 7 heteroatoms. The SMILES string of the molecule is CCOC(=O)N1CCN(c2ccc(C(=O)Nc3c(C)cc(C)cc3C)nc2)CC1. The van der Waals surface area contributed by atoms with Gasteiger partial charge >= 0.3 is 6.09 Å². The first-order valence-corrected chi connectivity index (χ1v) is 9.91. The van der Waals surface area contributed by atoms with E-state index < -0.39 is 0 Å². The molecule has 0 bridgehead atoms. The van der Waals surface area contributed by atoms with Gasteiger partial charge in [0.2, 0.25) is 0 Å². The molecular weight excluding hydrogens is 368 g/mol. The molecule has 1 aromatic carbocycles. The highest BCUT2D eigenvalue weighted by Gasteiger charge is 2.22. The number of aryl methyl sites for hydroxylation is 3. The van der Waals surface area contributed by atoms with E-state index >= 15 is 0 Å². The second kappa shape index (κ2) is 8.94. The number of nitrogens with one attached hydrogen (secondary N) is 1. The van der Waals surface area contributed by atoms with Crippen molar-refractivity contribution in [3.63, 3.8) is 0 Å². The van der Waals surface area contributed by atoms with Gasteiger partial charge in [0.15, 0.2) is 0 Å². The van der Waals surface area contributed by atoms with Crippen LogP contribution in [-0.4, -0.2) is 54.7 Å². The van der Waals surface area contributed by atoms with Crippen molar-refractivity contribution in [1.82, 2.24) is 9.88 Å². The van der Waals surface area contributed by atoms with Crippen LogP contribution < -0.4 is 10.2 Å². The van der Waals surface area contributed by atoms with Gasteiger partial charge in [-0.2, -0.15) is 0 Å². The van der Waals surface area contributed by atoms with Crippen LogP contribution in [0.5, 0.6) is 0 Å². The van der Waals surface area contributed by atoms with Gasteiger partial charge in [0.1, 0.15) is 5.69 Å². The molecule has 7 nitrogen and oxygen atoms in total. The van der Waals surface area contributed by atoms with E-state index in [9.17, 15) is 9.59 Å². The third kappa shape index (κ3) is 4.85. The van der Waals surface area contributed by atoms with E-state index in [0.29, 0.717) is 38.5 Å². The lowest BCUT2D eigenvalue weighted by Crippen LogP contribution is -2.49. The predicted octanol–water partition coefficient (Wildman–Crippen LogP) is 3.54. The van der Waals surface area contributed by atoms with Gasteiger partial charge in [-0.1, -0.05) is 17.7 Å². The third-order valence-corrected chi connectivity index (χ3v) is 5.07. The number of rotatable bonds is 4. The lowest BCUT2D eigenvalue weighted by molar-refractivity contribution is 0.101. The Labute approximate surface area is 171 Å². The molecule has 3 rings (SSSR count). The van der Waals surface area contributed by atoms with Crippen molar-refractivity contribution in [2.24, 2.45) is 0 Å². The molecule has 1 aromatic heterocycles. The fraction of sp³-hybridized carbons (Fsp3) is 0.409. The van der Waals surface area contributed by atoms with Crippen LogP contribution in [0.4, 0.5) is 16.2 Å². The van der Waals surface area contributed by atoms with Crippen LogP contribution in [0.3, 0.4) is 0 Å². The van der Waals surface area contributed by atoms with Gasteiger partial charge in [-0.3, -0.25) is 4.79 Å². The van der Waals surface area contributed by atoms with Gasteiger partial charge in [-0.15, -0.1) is 0 Å². The largest absolute Gasteiger partial charge is 0.450 e. The number of carbonyl (C=O) groups is 2. The Balaban J connectivity index is 1.62. The third-order valence-electron chi connectivity index (χ3n) is 5.07. The van der Waals surface area contributed by atoms with E-state index in [2.05, 4.69) is 27.3 Å². The van der Waals surface area contributed by atoms with Crippen LogP contribution in [-0.2, 0) is 4.74 Å². The Morgan fingerprint density at radius 2 is 1.72 bits per heavy atom. The first-order chi connectivity index (χ1) is 13.9. The molecule has 1 fully saturated rings. The highest BCUT2D eigenvalue weighted by Crippen LogP contribution is 2.23. The summed E-state index contributed by atoms with van der Waals surface area (Å²) in [5.41, 5.74) is 5.38. The first kappa shape index (κ1) is 20.6. The van der Waals surface area contributed by atoms with Gasteiger partial charge in [0.05, 0.1) is 18.5 Å². The van der Waals surface area contributed by atoms with E-state index in [0.717, 1.165) is 22.5 Å². The van der Waals surface area contributed by atoms with Crippen LogP contribution >= 0.6 is 0 Å². The summed E-state index contributed by atoms with van der Waals surface area (Å²) in [6.07, 6.45) is 1.45. The Morgan fingerprint density at radius 1 is 1.07 bits per heavy atom. The van der Waals surface area contributed by atoms with Gasteiger partial charge in [-0.05, 0) is 51.0 Å². The summed E-state index contributed by atoms with van der Waals surface area (Å²) < 4.78 is 5.05. The van der Waals surface area contributed by atoms with Crippen LogP contribution in [0.15, 0.2) is 30.5 Å². The predicted molar refractivity (Wildman–Crippen MR) is 114 cm³/mol. The second-order valence-electron chi connectivity index (χ2n) is 7.30. The molecule has 0 radical (unpaired) electrons. The van der Waals surface area contributed by atoms with Crippen LogP contribution in [0.1, 0.15) is 34.1 Å². The van der Waals surface area contributed by atoms with Crippen molar-refractivity contribution < 1.29 is 14.3 Å². The molecule has 2 aromatic rings. The Kier molecular flexibility index (Phi) is 6.36. The fourth-order valence-electron chi connectivity index (χ4n) is 3.62. The second-order valence-corrected chi connectivity index (χ2v) is 7.30. The van der Waals surface area contributed by atoms with Gasteiger partial charge in [0, 0.05) is 31.9 Å². The number of pyridine rings is 1. The van der Waals surface area contributed by atoms with E-state index in [4.69, 9.17) is 4.74 Å². The number of nitrogens with zero attached hydrogens (tertiary/aromatic N) is 3. The average molecular weight is 396 g/mol.